The van der Waals surface area contributed by atoms with Crippen molar-refractivity contribution >= 4 is 58.0 Å². The molecule has 0 unspecified atom stereocenters. The Balaban J connectivity index is 1.49. The average molecular weight is 496 g/mol. The van der Waals surface area contributed by atoms with Crippen LogP contribution in [-0.2, 0) is 9.59 Å². The molecule has 7 nitrogen and oxygen atoms in total. The molecule has 0 fully saturated rings. The summed E-state index contributed by atoms with van der Waals surface area (Å²) < 4.78 is 5.16. The van der Waals surface area contributed by atoms with Gasteiger partial charge in [-0.2, -0.15) is 0 Å². The fraction of sp³-hybridized carbons (Fsp3) is 0.0800. The second-order valence-electron chi connectivity index (χ2n) is 7.41. The molecule has 9 heteroatoms. The number of rotatable bonds is 6. The zero-order chi connectivity index (χ0) is 24.4. The van der Waals surface area contributed by atoms with Crippen LogP contribution < -0.4 is 20.3 Å². The van der Waals surface area contributed by atoms with Gasteiger partial charge in [0.2, 0.25) is 0 Å². The zero-order valence-electron chi connectivity index (χ0n) is 18.2. The molecule has 0 atom stereocenters. The highest BCUT2D eigenvalue weighted by molar-refractivity contribution is 6.53. The summed E-state index contributed by atoms with van der Waals surface area (Å²) in [6.45, 7) is 1.72. The molecule has 0 radical (unpaired) electrons. The van der Waals surface area contributed by atoms with Crippen LogP contribution >= 0.6 is 23.2 Å². The van der Waals surface area contributed by atoms with Crippen LogP contribution in [0.4, 0.5) is 17.1 Å². The summed E-state index contributed by atoms with van der Waals surface area (Å²) in [7, 11) is 1.55. The Morgan fingerprint density at radius 2 is 1.62 bits per heavy atom. The first-order chi connectivity index (χ1) is 16.3. The number of carbonyl (C=O) groups is 3. The summed E-state index contributed by atoms with van der Waals surface area (Å²) in [5.41, 5.74) is 2.37. The van der Waals surface area contributed by atoms with Crippen LogP contribution in [0.2, 0.25) is 5.02 Å². The topological polar surface area (TPSA) is 87.7 Å². The van der Waals surface area contributed by atoms with Gasteiger partial charge in [-0.15, -0.1) is 0 Å². The molecule has 3 amide bonds. The number of carbonyl (C=O) groups excluding carboxylic acids is 3. The number of imide groups is 1. The third kappa shape index (κ3) is 4.48. The van der Waals surface area contributed by atoms with Gasteiger partial charge in [0, 0.05) is 28.0 Å². The Labute approximate surface area is 205 Å². The van der Waals surface area contributed by atoms with Gasteiger partial charge in [-0.3, -0.25) is 14.4 Å². The van der Waals surface area contributed by atoms with Crippen LogP contribution in [0.1, 0.15) is 15.9 Å². The summed E-state index contributed by atoms with van der Waals surface area (Å²) >= 11 is 12.4. The van der Waals surface area contributed by atoms with Crippen LogP contribution in [0, 0.1) is 6.92 Å². The minimum absolute atomic E-state index is 0.0559. The lowest BCUT2D eigenvalue weighted by molar-refractivity contribution is -0.120. The molecule has 0 aromatic heterocycles. The summed E-state index contributed by atoms with van der Waals surface area (Å²) in [5, 5.41) is 5.88. The molecule has 0 saturated heterocycles. The van der Waals surface area contributed by atoms with Crippen molar-refractivity contribution in [2.24, 2.45) is 0 Å². The van der Waals surface area contributed by atoms with E-state index >= 15 is 0 Å². The number of methoxy groups -OCH3 is 1. The largest absolute Gasteiger partial charge is 0.497 e. The van der Waals surface area contributed by atoms with Crippen molar-refractivity contribution in [3.63, 3.8) is 0 Å². The van der Waals surface area contributed by atoms with Crippen LogP contribution in [0.3, 0.4) is 0 Å². The summed E-state index contributed by atoms with van der Waals surface area (Å²) in [6, 6.07) is 18.4. The lowest BCUT2D eigenvalue weighted by Gasteiger charge is -2.18. The molecule has 0 aliphatic carbocycles. The van der Waals surface area contributed by atoms with E-state index in [9.17, 15) is 14.4 Å². The Hall–Kier alpha value is -3.81. The quantitative estimate of drug-likeness (QED) is 0.450. The molecule has 1 aliphatic heterocycles. The van der Waals surface area contributed by atoms with Crippen LogP contribution in [0.15, 0.2) is 77.5 Å². The van der Waals surface area contributed by atoms with Crippen molar-refractivity contribution in [1.29, 1.82) is 0 Å². The van der Waals surface area contributed by atoms with E-state index in [1.54, 1.807) is 80.8 Å². The van der Waals surface area contributed by atoms with E-state index in [-0.39, 0.29) is 16.6 Å². The highest BCUT2D eigenvalue weighted by Crippen LogP contribution is 2.34. The van der Waals surface area contributed by atoms with Crippen molar-refractivity contribution < 1.29 is 19.1 Å². The van der Waals surface area contributed by atoms with Crippen molar-refractivity contribution in [1.82, 2.24) is 0 Å². The second-order valence-corrected chi connectivity index (χ2v) is 8.19. The Morgan fingerprint density at radius 3 is 2.32 bits per heavy atom. The maximum absolute atomic E-state index is 13.0. The van der Waals surface area contributed by atoms with E-state index in [0.717, 1.165) is 4.90 Å². The van der Waals surface area contributed by atoms with E-state index in [4.69, 9.17) is 27.9 Å². The van der Waals surface area contributed by atoms with Gasteiger partial charge in [0.25, 0.3) is 17.7 Å². The molecule has 1 aliphatic rings. The number of anilines is 3. The Kier molecular flexibility index (Phi) is 6.58. The second kappa shape index (κ2) is 9.59. The predicted molar refractivity (Wildman–Crippen MR) is 133 cm³/mol. The maximum atomic E-state index is 13.0. The van der Waals surface area contributed by atoms with Gasteiger partial charge < -0.3 is 15.4 Å². The smallest absolute Gasteiger partial charge is 0.283 e. The molecule has 4 rings (SSSR count). The Morgan fingerprint density at radius 1 is 0.912 bits per heavy atom. The number of halogens is 2. The van der Waals surface area contributed by atoms with E-state index in [1.807, 2.05) is 0 Å². The van der Waals surface area contributed by atoms with E-state index in [1.165, 1.54) is 0 Å². The molecule has 0 spiro atoms. The van der Waals surface area contributed by atoms with Gasteiger partial charge in [0.1, 0.15) is 16.5 Å². The fourth-order valence-electron chi connectivity index (χ4n) is 3.42. The molecule has 34 heavy (non-hydrogen) atoms. The number of hydrogen-bond acceptors (Lipinski definition) is 5. The standard InChI is InChI=1S/C25H19Cl2N3O4/c1-14-19(26)7-4-8-20(14)30-24(32)21(27)22(25(30)33)28-16-11-9-15(10-12-16)23(31)29-17-5-3-6-18(13-17)34-2/h3-13,28H,1-2H3,(H,29,31). The van der Waals surface area contributed by atoms with Gasteiger partial charge in [-0.1, -0.05) is 35.3 Å². The van der Waals surface area contributed by atoms with Crippen LogP contribution in [-0.4, -0.2) is 24.8 Å². The molecule has 2 N–H and O–H groups in total. The molecule has 0 saturated carbocycles. The van der Waals surface area contributed by atoms with E-state index < -0.39 is 11.8 Å². The lowest BCUT2D eigenvalue weighted by Crippen LogP contribution is -2.32. The summed E-state index contributed by atoms with van der Waals surface area (Å²) in [4.78, 5) is 39.3. The van der Waals surface area contributed by atoms with Crippen molar-refractivity contribution in [2.45, 2.75) is 6.92 Å². The van der Waals surface area contributed by atoms with Crippen molar-refractivity contribution in [2.75, 3.05) is 22.6 Å². The van der Waals surface area contributed by atoms with Gasteiger partial charge in [0.15, 0.2) is 0 Å². The number of nitrogens with one attached hydrogen (secondary N) is 2. The molecule has 3 aromatic rings. The third-order valence-corrected chi connectivity index (χ3v) is 6.01. The van der Waals surface area contributed by atoms with Gasteiger partial charge in [-0.25, -0.2) is 4.90 Å². The first-order valence-corrected chi connectivity index (χ1v) is 10.9. The minimum Gasteiger partial charge on any atom is -0.497 e. The number of nitrogens with zero attached hydrogens (tertiary/aromatic N) is 1. The fourth-order valence-corrected chi connectivity index (χ4v) is 3.80. The lowest BCUT2D eigenvalue weighted by atomic mass is 10.1. The van der Waals surface area contributed by atoms with E-state index in [2.05, 4.69) is 10.6 Å². The minimum atomic E-state index is -0.645. The molecule has 3 aromatic carbocycles. The first kappa shape index (κ1) is 23.4. The van der Waals surface area contributed by atoms with Gasteiger partial charge in [0.05, 0.1) is 12.8 Å². The highest BCUT2D eigenvalue weighted by atomic mass is 35.5. The number of benzene rings is 3. The van der Waals surface area contributed by atoms with Crippen LogP contribution in [0.25, 0.3) is 0 Å². The number of ether oxygens (including phenoxy) is 1. The third-order valence-electron chi connectivity index (χ3n) is 5.25. The molecule has 0 bridgehead atoms. The summed E-state index contributed by atoms with van der Waals surface area (Å²) in [5.74, 6) is -0.930. The molecule has 172 valence electrons. The molecular weight excluding hydrogens is 477 g/mol. The summed E-state index contributed by atoms with van der Waals surface area (Å²) in [6.07, 6.45) is 0. The van der Waals surface area contributed by atoms with Crippen molar-refractivity contribution in [3.05, 3.63) is 93.6 Å². The van der Waals surface area contributed by atoms with Crippen molar-refractivity contribution in [3.8, 4) is 5.75 Å². The van der Waals surface area contributed by atoms with Gasteiger partial charge in [-0.05, 0) is 61.0 Å². The average Bonchev–Trinajstić information content (AvgIpc) is 3.04. The first-order valence-electron chi connectivity index (χ1n) is 10.2. The number of hydrogen-bond donors (Lipinski definition) is 2. The SMILES string of the molecule is COc1cccc(NC(=O)c2ccc(NC3=C(Cl)C(=O)N(c4cccc(Cl)c4C)C3=O)cc2)c1. The Bertz CT molecular complexity index is 1340. The monoisotopic (exact) mass is 495 g/mol. The van der Waals surface area contributed by atoms with E-state index in [0.29, 0.717) is 39.0 Å². The normalized spacial score (nSPS) is 13.4. The predicted octanol–water partition coefficient (Wildman–Crippen LogP) is 5.35. The highest BCUT2D eigenvalue weighted by Gasteiger charge is 2.39. The van der Waals surface area contributed by atoms with Crippen LogP contribution in [0.5, 0.6) is 5.75 Å². The zero-order valence-corrected chi connectivity index (χ0v) is 19.7. The number of amides is 3. The molecule has 1 heterocycles. The maximum Gasteiger partial charge on any atom is 0.283 e. The van der Waals surface area contributed by atoms with Gasteiger partial charge >= 0.3 is 0 Å². The molecular formula is C25H19Cl2N3O4.